The number of aromatic hydroxyl groups is 2. The molecule has 0 atom stereocenters. The molecular weight excluding hydrogens is 266 g/mol. The third-order valence-electron chi connectivity index (χ3n) is 3.26. The van der Waals surface area contributed by atoms with E-state index in [-0.39, 0.29) is 11.5 Å². The second-order valence-electron chi connectivity index (χ2n) is 4.96. The van der Waals surface area contributed by atoms with Gasteiger partial charge in [-0.2, -0.15) is 0 Å². The molecule has 4 heteroatoms. The number of nitrogens with two attached hydrogens (primary N) is 1. The van der Waals surface area contributed by atoms with Crippen molar-refractivity contribution in [2.24, 2.45) is 5.73 Å². The predicted molar refractivity (Wildman–Crippen MR) is 82.8 cm³/mol. The lowest BCUT2D eigenvalue weighted by molar-refractivity contribution is 0.328. The highest BCUT2D eigenvalue weighted by Crippen LogP contribution is 2.25. The van der Waals surface area contributed by atoms with Crippen LogP contribution in [-0.2, 0) is 12.8 Å². The molecule has 0 aliphatic heterocycles. The summed E-state index contributed by atoms with van der Waals surface area (Å²) in [6.45, 7) is 1.03. The minimum absolute atomic E-state index is 0.0651. The highest BCUT2D eigenvalue weighted by molar-refractivity contribution is 5.40. The van der Waals surface area contributed by atoms with Crippen LogP contribution in [0.5, 0.6) is 17.2 Å². The topological polar surface area (TPSA) is 75.7 Å². The standard InChI is InChI=1S/C17H21NO3/c18-9-10-21-15-6-2-5-13(11-15)3-1-4-14-7-8-16(19)17(20)12-14/h2,5-8,11-12,19-20H,1,3-4,9-10,18H2. The zero-order valence-electron chi connectivity index (χ0n) is 12.0. The van der Waals surface area contributed by atoms with Crippen LogP contribution in [0.3, 0.4) is 0 Å². The molecule has 0 aliphatic carbocycles. The van der Waals surface area contributed by atoms with Crippen molar-refractivity contribution in [1.82, 2.24) is 0 Å². The fourth-order valence-corrected chi connectivity index (χ4v) is 2.19. The molecule has 21 heavy (non-hydrogen) atoms. The maximum Gasteiger partial charge on any atom is 0.157 e. The number of ether oxygens (including phenoxy) is 1. The highest BCUT2D eigenvalue weighted by Gasteiger charge is 2.02. The van der Waals surface area contributed by atoms with E-state index in [4.69, 9.17) is 10.5 Å². The van der Waals surface area contributed by atoms with Crippen LogP contribution in [0, 0.1) is 0 Å². The molecule has 2 aromatic rings. The van der Waals surface area contributed by atoms with Gasteiger partial charge >= 0.3 is 0 Å². The maximum atomic E-state index is 9.46. The smallest absolute Gasteiger partial charge is 0.157 e. The van der Waals surface area contributed by atoms with Crippen LogP contribution in [0.1, 0.15) is 17.5 Å². The van der Waals surface area contributed by atoms with Crippen molar-refractivity contribution in [3.8, 4) is 17.2 Å². The first-order chi connectivity index (χ1) is 10.2. The molecule has 0 spiro atoms. The summed E-state index contributed by atoms with van der Waals surface area (Å²) < 4.78 is 5.50. The molecule has 0 fully saturated rings. The van der Waals surface area contributed by atoms with E-state index in [9.17, 15) is 10.2 Å². The zero-order chi connectivity index (χ0) is 15.1. The molecule has 112 valence electrons. The Labute approximate surface area is 124 Å². The van der Waals surface area contributed by atoms with Crippen LogP contribution in [-0.4, -0.2) is 23.4 Å². The fraction of sp³-hybridized carbons (Fsp3) is 0.294. The first kappa shape index (κ1) is 15.2. The van der Waals surface area contributed by atoms with Gasteiger partial charge in [0, 0.05) is 6.54 Å². The van der Waals surface area contributed by atoms with Gasteiger partial charge in [0.15, 0.2) is 11.5 Å². The third kappa shape index (κ3) is 4.68. The fourth-order valence-electron chi connectivity index (χ4n) is 2.19. The van der Waals surface area contributed by atoms with Gasteiger partial charge in [0.25, 0.3) is 0 Å². The molecule has 0 bridgehead atoms. The largest absolute Gasteiger partial charge is 0.504 e. The quantitative estimate of drug-likeness (QED) is 0.684. The summed E-state index contributed by atoms with van der Waals surface area (Å²) in [7, 11) is 0. The molecular formula is C17H21NO3. The van der Waals surface area contributed by atoms with Crippen molar-refractivity contribution in [2.45, 2.75) is 19.3 Å². The summed E-state index contributed by atoms with van der Waals surface area (Å²) in [6.07, 6.45) is 2.74. The van der Waals surface area contributed by atoms with Crippen LogP contribution in [0.15, 0.2) is 42.5 Å². The van der Waals surface area contributed by atoms with Crippen molar-refractivity contribution in [3.63, 3.8) is 0 Å². The number of hydrogen-bond acceptors (Lipinski definition) is 4. The van der Waals surface area contributed by atoms with Gasteiger partial charge in [-0.1, -0.05) is 18.2 Å². The minimum atomic E-state index is -0.0801. The predicted octanol–water partition coefficient (Wildman–Crippen LogP) is 2.61. The Balaban J connectivity index is 1.86. The van der Waals surface area contributed by atoms with E-state index in [1.54, 1.807) is 6.07 Å². The molecule has 4 nitrogen and oxygen atoms in total. The van der Waals surface area contributed by atoms with Gasteiger partial charge < -0.3 is 20.7 Å². The summed E-state index contributed by atoms with van der Waals surface area (Å²) in [4.78, 5) is 0. The third-order valence-corrected chi connectivity index (χ3v) is 3.26. The first-order valence-electron chi connectivity index (χ1n) is 7.11. The van der Waals surface area contributed by atoms with Crippen LogP contribution in [0.25, 0.3) is 0 Å². The highest BCUT2D eigenvalue weighted by atomic mass is 16.5. The van der Waals surface area contributed by atoms with E-state index in [0.717, 1.165) is 30.6 Å². The number of rotatable bonds is 7. The van der Waals surface area contributed by atoms with E-state index in [1.807, 2.05) is 24.3 Å². The second-order valence-corrected chi connectivity index (χ2v) is 4.96. The first-order valence-corrected chi connectivity index (χ1v) is 7.11. The lowest BCUT2D eigenvalue weighted by Crippen LogP contribution is -2.10. The SMILES string of the molecule is NCCOc1cccc(CCCc2ccc(O)c(O)c2)c1. The van der Waals surface area contributed by atoms with Crippen molar-refractivity contribution >= 4 is 0 Å². The van der Waals surface area contributed by atoms with Gasteiger partial charge in [0.2, 0.25) is 0 Å². The van der Waals surface area contributed by atoms with Crippen molar-refractivity contribution in [2.75, 3.05) is 13.2 Å². The van der Waals surface area contributed by atoms with Crippen molar-refractivity contribution in [3.05, 3.63) is 53.6 Å². The Hall–Kier alpha value is -2.20. The average Bonchev–Trinajstić information content (AvgIpc) is 2.49. The molecule has 0 saturated heterocycles. The molecule has 4 N–H and O–H groups in total. The van der Waals surface area contributed by atoms with Crippen LogP contribution in [0.2, 0.25) is 0 Å². The molecule has 0 saturated carbocycles. The van der Waals surface area contributed by atoms with Gasteiger partial charge in [-0.15, -0.1) is 0 Å². The van der Waals surface area contributed by atoms with Crippen molar-refractivity contribution in [1.29, 1.82) is 0 Å². The summed E-state index contributed by atoms with van der Waals surface area (Å²) in [5.74, 6) is 0.702. The van der Waals surface area contributed by atoms with Gasteiger partial charge in [-0.05, 0) is 54.7 Å². The summed E-state index contributed by atoms with van der Waals surface area (Å²) in [6, 6.07) is 13.0. The molecule has 0 aliphatic rings. The minimum Gasteiger partial charge on any atom is -0.504 e. The van der Waals surface area contributed by atoms with Crippen LogP contribution < -0.4 is 10.5 Å². The van der Waals surface area contributed by atoms with Crippen LogP contribution >= 0.6 is 0 Å². The summed E-state index contributed by atoms with van der Waals surface area (Å²) in [5.41, 5.74) is 7.65. The Kier molecular flexibility index (Phi) is 5.46. The Morgan fingerprint density at radius 3 is 2.38 bits per heavy atom. The van der Waals surface area contributed by atoms with Crippen molar-refractivity contribution < 1.29 is 14.9 Å². The lowest BCUT2D eigenvalue weighted by Gasteiger charge is -2.07. The summed E-state index contributed by atoms with van der Waals surface area (Å²) in [5, 5.41) is 18.7. The van der Waals surface area contributed by atoms with E-state index in [1.165, 1.54) is 11.6 Å². The molecule has 2 aromatic carbocycles. The van der Waals surface area contributed by atoms with E-state index in [0.29, 0.717) is 13.2 Å². The lowest BCUT2D eigenvalue weighted by atomic mass is 10.0. The molecule has 0 unspecified atom stereocenters. The number of aryl methyl sites for hydroxylation is 2. The Morgan fingerprint density at radius 1 is 0.905 bits per heavy atom. The van der Waals surface area contributed by atoms with E-state index < -0.39 is 0 Å². The van der Waals surface area contributed by atoms with Gasteiger partial charge in [-0.25, -0.2) is 0 Å². The van der Waals surface area contributed by atoms with Crippen LogP contribution in [0.4, 0.5) is 0 Å². The van der Waals surface area contributed by atoms with E-state index >= 15 is 0 Å². The molecule has 0 heterocycles. The zero-order valence-corrected chi connectivity index (χ0v) is 12.0. The molecule has 0 aromatic heterocycles. The molecule has 2 rings (SSSR count). The molecule has 0 amide bonds. The average molecular weight is 287 g/mol. The van der Waals surface area contributed by atoms with Gasteiger partial charge in [-0.3, -0.25) is 0 Å². The van der Waals surface area contributed by atoms with Gasteiger partial charge in [0.05, 0.1) is 0 Å². The Morgan fingerprint density at radius 2 is 1.67 bits per heavy atom. The second kappa shape index (κ2) is 7.55. The number of hydrogen-bond donors (Lipinski definition) is 3. The normalized spacial score (nSPS) is 10.5. The number of phenolic OH excluding ortho intramolecular Hbond substituents is 2. The van der Waals surface area contributed by atoms with E-state index in [2.05, 4.69) is 6.07 Å². The Bertz CT molecular complexity index is 584. The summed E-state index contributed by atoms with van der Waals surface area (Å²) >= 11 is 0. The molecule has 0 radical (unpaired) electrons. The number of benzene rings is 2. The maximum absolute atomic E-state index is 9.46. The monoisotopic (exact) mass is 287 g/mol. The number of phenols is 2. The van der Waals surface area contributed by atoms with Gasteiger partial charge in [0.1, 0.15) is 12.4 Å².